The smallest absolute Gasteiger partial charge is 0.263 e. The molecule has 5 aromatic rings. The first-order valence-corrected chi connectivity index (χ1v) is 13.3. The van der Waals surface area contributed by atoms with Gasteiger partial charge in [-0.2, -0.15) is 9.61 Å². The van der Waals surface area contributed by atoms with Gasteiger partial charge in [-0.1, -0.05) is 47.5 Å². The lowest BCUT2D eigenvalue weighted by molar-refractivity contribution is 0.0952. The number of nitrogens with zero attached hydrogens (tertiary/aromatic N) is 4. The Labute approximate surface area is 227 Å². The second-order valence-corrected chi connectivity index (χ2v) is 10.6. The lowest BCUT2D eigenvalue weighted by Gasteiger charge is -2.12. The van der Waals surface area contributed by atoms with Crippen molar-refractivity contribution >= 4 is 56.3 Å². The van der Waals surface area contributed by atoms with E-state index in [2.05, 4.69) is 25.1 Å². The van der Waals surface area contributed by atoms with Gasteiger partial charge in [0, 0.05) is 36.4 Å². The van der Waals surface area contributed by atoms with Crippen LogP contribution in [0.5, 0.6) is 0 Å². The molecule has 0 fully saturated rings. The molecule has 2 aromatic carbocycles. The number of hydrogen-bond acceptors (Lipinski definition) is 7. The van der Waals surface area contributed by atoms with E-state index < -0.39 is 10.0 Å². The van der Waals surface area contributed by atoms with Crippen LogP contribution < -0.4 is 15.8 Å². The molecule has 0 radical (unpaired) electrons. The predicted octanol–water partition coefficient (Wildman–Crippen LogP) is 4.41. The van der Waals surface area contributed by atoms with Crippen molar-refractivity contribution in [2.24, 2.45) is 0 Å². The van der Waals surface area contributed by atoms with E-state index in [9.17, 15) is 13.2 Å². The van der Waals surface area contributed by atoms with Gasteiger partial charge in [-0.25, -0.2) is 13.4 Å². The van der Waals surface area contributed by atoms with E-state index in [-0.39, 0.29) is 32.2 Å². The molecule has 0 aliphatic heterocycles. The van der Waals surface area contributed by atoms with Gasteiger partial charge < -0.3 is 11.1 Å². The SMILES string of the molecule is Nc1c(-c2ccc(NS(=O)(=O)c3cccc(Cl)c3Cl)cc2)cnc2c(C(=O)NCc3cccnc3)cnn12. The van der Waals surface area contributed by atoms with Crippen LogP contribution in [-0.4, -0.2) is 33.9 Å². The summed E-state index contributed by atoms with van der Waals surface area (Å²) < 4.78 is 29.4. The fourth-order valence-electron chi connectivity index (χ4n) is 3.73. The van der Waals surface area contributed by atoms with Crippen LogP contribution in [0.4, 0.5) is 11.5 Å². The minimum atomic E-state index is -3.97. The lowest BCUT2D eigenvalue weighted by Crippen LogP contribution is -2.23. The maximum Gasteiger partial charge on any atom is 0.263 e. The molecule has 0 spiro atoms. The minimum absolute atomic E-state index is 0.0604. The van der Waals surface area contributed by atoms with Gasteiger partial charge in [-0.3, -0.25) is 14.5 Å². The normalized spacial score (nSPS) is 11.4. The molecule has 38 heavy (non-hydrogen) atoms. The zero-order valence-electron chi connectivity index (χ0n) is 19.5. The van der Waals surface area contributed by atoms with E-state index >= 15 is 0 Å². The third-order valence-corrected chi connectivity index (χ3v) is 7.99. The van der Waals surface area contributed by atoms with Crippen LogP contribution in [0.15, 0.2) is 84.3 Å². The maximum absolute atomic E-state index is 12.8. The number of nitrogen functional groups attached to an aromatic ring is 1. The summed E-state index contributed by atoms with van der Waals surface area (Å²) in [6.45, 7) is 0.303. The van der Waals surface area contributed by atoms with Crippen molar-refractivity contribution in [3.63, 3.8) is 0 Å². The van der Waals surface area contributed by atoms with Crippen LogP contribution in [-0.2, 0) is 16.6 Å². The number of halogens is 2. The van der Waals surface area contributed by atoms with Crippen molar-refractivity contribution in [2.45, 2.75) is 11.4 Å². The molecule has 0 unspecified atom stereocenters. The van der Waals surface area contributed by atoms with Gasteiger partial charge in [0.25, 0.3) is 15.9 Å². The Bertz CT molecular complexity index is 1760. The van der Waals surface area contributed by atoms with Gasteiger partial charge in [0.1, 0.15) is 16.3 Å². The molecule has 1 amide bonds. The van der Waals surface area contributed by atoms with E-state index in [1.807, 2.05) is 6.07 Å². The number of nitrogens with one attached hydrogen (secondary N) is 2. The predicted molar refractivity (Wildman–Crippen MR) is 146 cm³/mol. The number of carbonyl (C=O) groups is 1. The quantitative estimate of drug-likeness (QED) is 0.264. The van der Waals surface area contributed by atoms with Crippen LogP contribution in [0, 0.1) is 0 Å². The Kier molecular flexibility index (Phi) is 6.89. The Balaban J connectivity index is 1.36. The van der Waals surface area contributed by atoms with Gasteiger partial charge in [0.15, 0.2) is 5.65 Å². The van der Waals surface area contributed by atoms with Crippen LogP contribution in [0.3, 0.4) is 0 Å². The van der Waals surface area contributed by atoms with Crippen molar-refractivity contribution in [1.29, 1.82) is 0 Å². The molecular weight excluding hydrogens is 549 g/mol. The number of nitrogens with two attached hydrogens (primary N) is 1. The Morgan fingerprint density at radius 1 is 1.00 bits per heavy atom. The first kappa shape index (κ1) is 25.5. The molecule has 3 aromatic heterocycles. The number of pyridine rings is 1. The molecule has 192 valence electrons. The van der Waals surface area contributed by atoms with Crippen LogP contribution in [0.25, 0.3) is 16.8 Å². The van der Waals surface area contributed by atoms with Crippen molar-refractivity contribution < 1.29 is 13.2 Å². The van der Waals surface area contributed by atoms with Gasteiger partial charge in [-0.15, -0.1) is 0 Å². The summed E-state index contributed by atoms with van der Waals surface area (Å²) in [5, 5.41) is 7.13. The van der Waals surface area contributed by atoms with Crippen molar-refractivity contribution in [1.82, 2.24) is 24.9 Å². The van der Waals surface area contributed by atoms with Crippen LogP contribution in [0.2, 0.25) is 10.0 Å². The molecule has 0 saturated heterocycles. The third kappa shape index (κ3) is 4.99. The molecular formula is C25H19Cl2N7O3S. The number of benzene rings is 2. The number of amides is 1. The highest BCUT2D eigenvalue weighted by Gasteiger charge is 2.20. The molecule has 13 heteroatoms. The highest BCUT2D eigenvalue weighted by Crippen LogP contribution is 2.31. The van der Waals surface area contributed by atoms with Crippen molar-refractivity contribution in [3.05, 3.63) is 101 Å². The second kappa shape index (κ2) is 10.3. The Morgan fingerprint density at radius 3 is 2.53 bits per heavy atom. The number of fused-ring (bicyclic) bond motifs is 1. The fraction of sp³-hybridized carbons (Fsp3) is 0.0400. The highest BCUT2D eigenvalue weighted by atomic mass is 35.5. The summed E-state index contributed by atoms with van der Waals surface area (Å²) in [6.07, 6.45) is 6.26. The summed E-state index contributed by atoms with van der Waals surface area (Å²) in [7, 11) is -3.97. The minimum Gasteiger partial charge on any atom is -0.383 e. The first-order valence-electron chi connectivity index (χ1n) is 11.1. The topological polar surface area (TPSA) is 144 Å². The zero-order valence-corrected chi connectivity index (χ0v) is 21.8. The molecule has 0 atom stereocenters. The standard InChI is InChI=1S/C25H19Cl2N7O3S/c26-20-4-1-5-21(22(20)27)38(36,37)33-17-8-6-16(7-9-17)18-13-30-24-19(14-32-34(24)23(18)28)25(35)31-12-15-3-2-10-29-11-15/h1-11,13-14,33H,12,28H2,(H,31,35). The molecule has 4 N–H and O–H groups in total. The van der Waals surface area contributed by atoms with E-state index in [1.54, 1.807) is 42.7 Å². The summed E-state index contributed by atoms with van der Waals surface area (Å²) in [6, 6.07) is 14.5. The Morgan fingerprint density at radius 2 is 1.79 bits per heavy atom. The first-order chi connectivity index (χ1) is 18.2. The van der Waals surface area contributed by atoms with Crippen molar-refractivity contribution in [2.75, 3.05) is 10.5 Å². The number of anilines is 2. The average Bonchev–Trinajstić information content (AvgIpc) is 3.35. The maximum atomic E-state index is 12.8. The molecule has 3 heterocycles. The number of sulfonamides is 1. The van der Waals surface area contributed by atoms with Crippen molar-refractivity contribution in [3.8, 4) is 11.1 Å². The lowest BCUT2D eigenvalue weighted by atomic mass is 10.1. The van der Waals surface area contributed by atoms with E-state index in [4.69, 9.17) is 28.9 Å². The molecule has 0 saturated carbocycles. The number of rotatable bonds is 7. The summed E-state index contributed by atoms with van der Waals surface area (Å²) in [5.41, 5.74) is 9.32. The van der Waals surface area contributed by atoms with E-state index in [0.29, 0.717) is 29.0 Å². The average molecular weight is 568 g/mol. The summed E-state index contributed by atoms with van der Waals surface area (Å²) in [5.74, 6) is -0.0831. The molecule has 0 aliphatic rings. The van der Waals surface area contributed by atoms with Gasteiger partial charge in [0.2, 0.25) is 0 Å². The summed E-state index contributed by atoms with van der Waals surface area (Å²) >= 11 is 12.0. The van der Waals surface area contributed by atoms with Gasteiger partial charge in [-0.05, 0) is 41.5 Å². The Hall–Kier alpha value is -4.19. The number of aromatic nitrogens is 4. The van der Waals surface area contributed by atoms with Gasteiger partial charge in [0.05, 0.1) is 16.2 Å². The highest BCUT2D eigenvalue weighted by molar-refractivity contribution is 7.92. The van der Waals surface area contributed by atoms with E-state index in [0.717, 1.165) is 5.56 Å². The number of hydrogen-bond donors (Lipinski definition) is 3. The zero-order chi connectivity index (χ0) is 26.9. The fourth-order valence-corrected chi connectivity index (χ4v) is 5.55. The van der Waals surface area contributed by atoms with Crippen LogP contribution >= 0.6 is 23.2 Å². The molecule has 5 rings (SSSR count). The van der Waals surface area contributed by atoms with Gasteiger partial charge >= 0.3 is 0 Å². The molecule has 0 aliphatic carbocycles. The third-order valence-electron chi connectivity index (χ3n) is 5.64. The molecule has 10 nitrogen and oxygen atoms in total. The van der Waals surface area contributed by atoms with E-state index in [1.165, 1.54) is 35.1 Å². The largest absolute Gasteiger partial charge is 0.383 e. The molecule has 0 bridgehead atoms. The second-order valence-electron chi connectivity index (χ2n) is 8.13. The number of carbonyl (C=O) groups excluding carboxylic acids is 1. The van der Waals surface area contributed by atoms with Crippen LogP contribution in [0.1, 0.15) is 15.9 Å². The summed E-state index contributed by atoms with van der Waals surface area (Å²) in [4.78, 5) is 21.0. The monoisotopic (exact) mass is 567 g/mol.